The lowest BCUT2D eigenvalue weighted by molar-refractivity contribution is 0.227. The molecule has 0 bridgehead atoms. The van der Waals surface area contributed by atoms with E-state index < -0.39 is 11.6 Å². The molecule has 2 aliphatic carbocycles. The van der Waals surface area contributed by atoms with Crippen LogP contribution in [0.4, 0.5) is 8.78 Å². The maximum atomic E-state index is 13.3. The van der Waals surface area contributed by atoms with Gasteiger partial charge in [-0.25, -0.2) is 8.78 Å². The number of halogens is 2. The van der Waals surface area contributed by atoms with E-state index in [4.69, 9.17) is 0 Å². The molecular weight excluding hydrogens is 256 g/mol. The van der Waals surface area contributed by atoms with E-state index in [1.165, 1.54) is 50.7 Å². The standard InChI is InChI=1S/C17H23F2N/c18-15-8-12(9-16(19)10-15)7-13-3-1-2-4-14(13)11-20-17-5-6-17/h8-10,13-14,17,20H,1-7,11H2. The molecule has 1 nitrogen and oxygen atoms in total. The van der Waals surface area contributed by atoms with E-state index in [-0.39, 0.29) is 0 Å². The lowest BCUT2D eigenvalue weighted by Crippen LogP contribution is -2.32. The third-order valence-electron chi connectivity index (χ3n) is 4.73. The molecule has 1 N–H and O–H groups in total. The monoisotopic (exact) mass is 279 g/mol. The van der Waals surface area contributed by atoms with Crippen LogP contribution in [0.25, 0.3) is 0 Å². The molecule has 2 unspecified atom stereocenters. The highest BCUT2D eigenvalue weighted by atomic mass is 19.1. The summed E-state index contributed by atoms with van der Waals surface area (Å²) in [6.07, 6.45) is 8.43. The fourth-order valence-electron chi connectivity index (χ4n) is 3.46. The van der Waals surface area contributed by atoms with Gasteiger partial charge in [0.2, 0.25) is 0 Å². The Balaban J connectivity index is 1.62. The largest absolute Gasteiger partial charge is 0.314 e. The van der Waals surface area contributed by atoms with Crippen molar-refractivity contribution in [3.63, 3.8) is 0 Å². The fourth-order valence-corrected chi connectivity index (χ4v) is 3.46. The van der Waals surface area contributed by atoms with Crippen LogP contribution in [0, 0.1) is 23.5 Å². The summed E-state index contributed by atoms with van der Waals surface area (Å²) in [6.45, 7) is 1.08. The predicted molar refractivity (Wildman–Crippen MR) is 76.5 cm³/mol. The second-order valence-corrected chi connectivity index (χ2v) is 6.47. The van der Waals surface area contributed by atoms with Crippen molar-refractivity contribution >= 4 is 0 Å². The van der Waals surface area contributed by atoms with Crippen molar-refractivity contribution in [2.75, 3.05) is 6.54 Å². The zero-order valence-corrected chi connectivity index (χ0v) is 11.9. The number of hydrogen-bond acceptors (Lipinski definition) is 1. The van der Waals surface area contributed by atoms with Crippen LogP contribution in [0.15, 0.2) is 18.2 Å². The first kappa shape index (κ1) is 14.0. The van der Waals surface area contributed by atoms with E-state index in [2.05, 4.69) is 5.32 Å². The molecular formula is C17H23F2N. The lowest BCUT2D eigenvalue weighted by Gasteiger charge is -2.32. The van der Waals surface area contributed by atoms with Crippen LogP contribution in [-0.2, 0) is 6.42 Å². The second kappa shape index (κ2) is 6.21. The van der Waals surface area contributed by atoms with Gasteiger partial charge >= 0.3 is 0 Å². The highest BCUT2D eigenvalue weighted by Gasteiger charge is 2.28. The molecule has 0 radical (unpaired) electrons. The molecule has 0 heterocycles. The van der Waals surface area contributed by atoms with Crippen LogP contribution in [-0.4, -0.2) is 12.6 Å². The van der Waals surface area contributed by atoms with Crippen LogP contribution >= 0.6 is 0 Å². The topological polar surface area (TPSA) is 12.0 Å². The molecule has 0 spiro atoms. The van der Waals surface area contributed by atoms with E-state index >= 15 is 0 Å². The Kier molecular flexibility index (Phi) is 4.35. The van der Waals surface area contributed by atoms with Crippen molar-refractivity contribution in [3.8, 4) is 0 Å². The summed E-state index contributed by atoms with van der Waals surface area (Å²) in [4.78, 5) is 0. The molecule has 0 saturated heterocycles. The summed E-state index contributed by atoms with van der Waals surface area (Å²) in [5, 5.41) is 3.62. The van der Waals surface area contributed by atoms with Gasteiger partial charge in [-0.1, -0.05) is 12.8 Å². The summed E-state index contributed by atoms with van der Waals surface area (Å²) in [5.74, 6) is 0.318. The van der Waals surface area contributed by atoms with Gasteiger partial charge in [0.15, 0.2) is 0 Å². The summed E-state index contributed by atoms with van der Waals surface area (Å²) in [7, 11) is 0. The smallest absolute Gasteiger partial charge is 0.126 e. The Morgan fingerprint density at radius 2 is 1.55 bits per heavy atom. The van der Waals surface area contributed by atoms with Gasteiger partial charge in [0.05, 0.1) is 0 Å². The van der Waals surface area contributed by atoms with Gasteiger partial charge in [0.25, 0.3) is 0 Å². The molecule has 0 amide bonds. The zero-order valence-electron chi connectivity index (χ0n) is 11.9. The van der Waals surface area contributed by atoms with E-state index in [9.17, 15) is 8.78 Å². The molecule has 2 fully saturated rings. The van der Waals surface area contributed by atoms with E-state index in [1.807, 2.05) is 0 Å². The number of benzene rings is 1. The van der Waals surface area contributed by atoms with Crippen molar-refractivity contribution in [1.29, 1.82) is 0 Å². The minimum atomic E-state index is -0.455. The first-order valence-electron chi connectivity index (χ1n) is 7.89. The van der Waals surface area contributed by atoms with Gasteiger partial charge in [0, 0.05) is 12.1 Å². The average molecular weight is 279 g/mol. The zero-order chi connectivity index (χ0) is 13.9. The number of hydrogen-bond donors (Lipinski definition) is 1. The SMILES string of the molecule is Fc1cc(F)cc(CC2CCCCC2CNC2CC2)c1. The van der Waals surface area contributed by atoms with Gasteiger partial charge < -0.3 is 5.32 Å². The van der Waals surface area contributed by atoms with Gasteiger partial charge in [0.1, 0.15) is 11.6 Å². The van der Waals surface area contributed by atoms with Crippen molar-refractivity contribution in [1.82, 2.24) is 5.32 Å². The Morgan fingerprint density at radius 1 is 0.900 bits per heavy atom. The van der Waals surface area contributed by atoms with Crippen molar-refractivity contribution < 1.29 is 8.78 Å². The van der Waals surface area contributed by atoms with Crippen LogP contribution in [0.5, 0.6) is 0 Å². The maximum Gasteiger partial charge on any atom is 0.126 e. The van der Waals surface area contributed by atoms with Gasteiger partial charge in [-0.15, -0.1) is 0 Å². The molecule has 1 aromatic carbocycles. The molecule has 1 aromatic rings. The van der Waals surface area contributed by atoms with Gasteiger partial charge in [-0.05, 0) is 68.2 Å². The quantitative estimate of drug-likeness (QED) is 0.857. The molecule has 3 rings (SSSR count). The molecule has 110 valence electrons. The van der Waals surface area contributed by atoms with Crippen molar-refractivity contribution in [3.05, 3.63) is 35.4 Å². The Hall–Kier alpha value is -0.960. The molecule has 3 heteroatoms. The third-order valence-corrected chi connectivity index (χ3v) is 4.73. The van der Waals surface area contributed by atoms with Crippen LogP contribution in [0.2, 0.25) is 0 Å². The third kappa shape index (κ3) is 3.78. The van der Waals surface area contributed by atoms with Gasteiger partial charge in [-0.3, -0.25) is 0 Å². The minimum absolute atomic E-state index is 0.455. The lowest BCUT2D eigenvalue weighted by atomic mass is 9.76. The molecule has 0 aromatic heterocycles. The first-order valence-corrected chi connectivity index (χ1v) is 7.89. The first-order chi connectivity index (χ1) is 9.70. The summed E-state index contributed by atoms with van der Waals surface area (Å²) >= 11 is 0. The summed E-state index contributed by atoms with van der Waals surface area (Å²) < 4.78 is 26.6. The highest BCUT2D eigenvalue weighted by molar-refractivity contribution is 5.18. The Labute approximate surface area is 119 Å². The molecule has 2 atom stereocenters. The van der Waals surface area contributed by atoms with Crippen molar-refractivity contribution in [2.45, 2.75) is 51.0 Å². The highest BCUT2D eigenvalue weighted by Crippen LogP contribution is 2.33. The summed E-state index contributed by atoms with van der Waals surface area (Å²) in [6, 6.07) is 4.67. The number of nitrogens with one attached hydrogen (secondary N) is 1. The minimum Gasteiger partial charge on any atom is -0.314 e. The molecule has 2 aliphatic rings. The second-order valence-electron chi connectivity index (χ2n) is 6.47. The van der Waals surface area contributed by atoms with Gasteiger partial charge in [-0.2, -0.15) is 0 Å². The average Bonchev–Trinajstić information content (AvgIpc) is 3.20. The normalized spacial score (nSPS) is 26.7. The predicted octanol–water partition coefficient (Wildman–Crippen LogP) is 4.07. The van der Waals surface area contributed by atoms with Crippen LogP contribution < -0.4 is 5.32 Å². The molecule has 20 heavy (non-hydrogen) atoms. The van der Waals surface area contributed by atoms with E-state index in [0.717, 1.165) is 30.6 Å². The molecule has 2 saturated carbocycles. The maximum absolute atomic E-state index is 13.3. The van der Waals surface area contributed by atoms with Crippen LogP contribution in [0.1, 0.15) is 44.1 Å². The van der Waals surface area contributed by atoms with E-state index in [0.29, 0.717) is 11.8 Å². The van der Waals surface area contributed by atoms with Crippen molar-refractivity contribution in [2.24, 2.45) is 11.8 Å². The van der Waals surface area contributed by atoms with Crippen LogP contribution in [0.3, 0.4) is 0 Å². The summed E-state index contributed by atoms with van der Waals surface area (Å²) in [5.41, 5.74) is 0.811. The Bertz CT molecular complexity index is 436. The molecule has 0 aliphatic heterocycles. The fraction of sp³-hybridized carbons (Fsp3) is 0.647. The number of rotatable bonds is 5. The Morgan fingerprint density at radius 3 is 2.20 bits per heavy atom. The van der Waals surface area contributed by atoms with E-state index in [1.54, 1.807) is 0 Å².